The Kier molecular flexibility index (Phi) is 9.66. The lowest BCUT2D eigenvalue weighted by Gasteiger charge is -2.31. The van der Waals surface area contributed by atoms with Gasteiger partial charge in [0.05, 0.1) is 13.5 Å². The molecule has 0 aromatic heterocycles. The van der Waals surface area contributed by atoms with Crippen LogP contribution >= 0.6 is 23.2 Å². The minimum Gasteiger partial charge on any atom is -0.497 e. The molecule has 1 N–H and O–H groups in total. The second-order valence-electron chi connectivity index (χ2n) is 7.85. The van der Waals surface area contributed by atoms with Gasteiger partial charge in [-0.2, -0.15) is 0 Å². The SMILES string of the molecule is CC[C@H](C(=O)NCC(C)C)N(Cc1ccc(OC)cc1)C(=O)Cc1ccc(Cl)cc1Cl. The zero-order valence-electron chi connectivity index (χ0n) is 18.5. The Hall–Kier alpha value is -2.24. The first-order valence-electron chi connectivity index (χ1n) is 10.4. The van der Waals surface area contributed by atoms with Crippen molar-refractivity contribution in [2.45, 2.75) is 46.2 Å². The molecule has 2 rings (SSSR count). The molecule has 31 heavy (non-hydrogen) atoms. The van der Waals surface area contributed by atoms with E-state index in [9.17, 15) is 9.59 Å². The monoisotopic (exact) mass is 464 g/mol. The fourth-order valence-electron chi connectivity index (χ4n) is 3.20. The number of ether oxygens (including phenoxy) is 1. The molecule has 0 bridgehead atoms. The van der Waals surface area contributed by atoms with Crippen molar-refractivity contribution < 1.29 is 14.3 Å². The zero-order chi connectivity index (χ0) is 23.0. The first kappa shape index (κ1) is 25.0. The third kappa shape index (κ3) is 7.44. The van der Waals surface area contributed by atoms with Gasteiger partial charge < -0.3 is 15.0 Å². The number of hydrogen-bond donors (Lipinski definition) is 1. The molecule has 7 heteroatoms. The van der Waals surface area contributed by atoms with Crippen LogP contribution in [0.2, 0.25) is 10.0 Å². The molecule has 0 aliphatic rings. The van der Waals surface area contributed by atoms with Gasteiger partial charge in [-0.3, -0.25) is 9.59 Å². The van der Waals surface area contributed by atoms with Crippen LogP contribution in [0.1, 0.15) is 38.3 Å². The molecule has 0 aliphatic carbocycles. The topological polar surface area (TPSA) is 58.6 Å². The minimum atomic E-state index is -0.584. The van der Waals surface area contributed by atoms with Crippen LogP contribution in [0.25, 0.3) is 0 Å². The van der Waals surface area contributed by atoms with Gasteiger partial charge in [0.25, 0.3) is 0 Å². The number of methoxy groups -OCH3 is 1. The molecule has 0 fully saturated rings. The Morgan fingerprint density at radius 2 is 1.77 bits per heavy atom. The molecule has 2 aromatic carbocycles. The van der Waals surface area contributed by atoms with Crippen molar-refractivity contribution in [3.63, 3.8) is 0 Å². The Morgan fingerprint density at radius 3 is 2.32 bits per heavy atom. The lowest BCUT2D eigenvalue weighted by Crippen LogP contribution is -2.50. The molecule has 1 atom stereocenters. The summed E-state index contributed by atoms with van der Waals surface area (Å²) in [5.41, 5.74) is 1.58. The van der Waals surface area contributed by atoms with Crippen LogP contribution in [0.3, 0.4) is 0 Å². The maximum atomic E-state index is 13.3. The second-order valence-corrected chi connectivity index (χ2v) is 8.69. The molecule has 0 radical (unpaired) electrons. The summed E-state index contributed by atoms with van der Waals surface area (Å²) in [5, 5.41) is 3.90. The van der Waals surface area contributed by atoms with E-state index < -0.39 is 6.04 Å². The molecule has 168 valence electrons. The number of carbonyl (C=O) groups is 2. The Labute approximate surface area is 194 Å². The average Bonchev–Trinajstić information content (AvgIpc) is 2.74. The minimum absolute atomic E-state index is 0.0834. The molecule has 2 amide bonds. The van der Waals surface area contributed by atoms with E-state index in [4.69, 9.17) is 27.9 Å². The first-order valence-corrected chi connectivity index (χ1v) is 11.1. The second kappa shape index (κ2) is 12.0. The summed E-state index contributed by atoms with van der Waals surface area (Å²) in [6, 6.07) is 12.0. The summed E-state index contributed by atoms with van der Waals surface area (Å²) in [5.74, 6) is 0.725. The predicted octanol–water partition coefficient (Wildman–Crippen LogP) is 5.12. The summed E-state index contributed by atoms with van der Waals surface area (Å²) in [6.07, 6.45) is 0.584. The molecule has 0 unspecified atom stereocenters. The number of rotatable bonds is 10. The van der Waals surface area contributed by atoms with E-state index in [1.54, 1.807) is 30.2 Å². The van der Waals surface area contributed by atoms with Crippen LogP contribution in [-0.4, -0.2) is 36.4 Å². The van der Waals surface area contributed by atoms with Crippen molar-refractivity contribution in [2.24, 2.45) is 5.92 Å². The van der Waals surface area contributed by atoms with Crippen LogP contribution in [0.4, 0.5) is 0 Å². The van der Waals surface area contributed by atoms with Gasteiger partial charge in [0.1, 0.15) is 11.8 Å². The number of halogens is 2. The van der Waals surface area contributed by atoms with E-state index in [-0.39, 0.29) is 18.2 Å². The number of carbonyl (C=O) groups excluding carboxylic acids is 2. The molecule has 5 nitrogen and oxygen atoms in total. The van der Waals surface area contributed by atoms with Gasteiger partial charge in [0.2, 0.25) is 11.8 Å². The molecular formula is C24H30Cl2N2O3. The van der Waals surface area contributed by atoms with Gasteiger partial charge in [-0.25, -0.2) is 0 Å². The fraction of sp³-hybridized carbons (Fsp3) is 0.417. The molecule has 0 saturated carbocycles. The largest absolute Gasteiger partial charge is 0.497 e. The molecule has 0 aliphatic heterocycles. The molecule has 0 spiro atoms. The third-order valence-corrected chi connectivity index (χ3v) is 5.53. The van der Waals surface area contributed by atoms with Crippen molar-refractivity contribution in [3.8, 4) is 5.75 Å². The maximum absolute atomic E-state index is 13.3. The van der Waals surface area contributed by atoms with E-state index in [1.807, 2.05) is 45.0 Å². The van der Waals surface area contributed by atoms with Crippen molar-refractivity contribution in [1.29, 1.82) is 0 Å². The van der Waals surface area contributed by atoms with Gasteiger partial charge in [-0.15, -0.1) is 0 Å². The van der Waals surface area contributed by atoms with Crippen molar-refractivity contribution in [2.75, 3.05) is 13.7 Å². The smallest absolute Gasteiger partial charge is 0.242 e. The summed E-state index contributed by atoms with van der Waals surface area (Å²) < 4.78 is 5.21. The fourth-order valence-corrected chi connectivity index (χ4v) is 3.67. The molecule has 0 heterocycles. The van der Waals surface area contributed by atoms with Crippen LogP contribution < -0.4 is 10.1 Å². The molecule has 0 saturated heterocycles. The molecular weight excluding hydrogens is 435 g/mol. The maximum Gasteiger partial charge on any atom is 0.242 e. The Bertz CT molecular complexity index is 885. The summed E-state index contributed by atoms with van der Waals surface area (Å²) in [7, 11) is 1.60. The number of hydrogen-bond acceptors (Lipinski definition) is 3. The van der Waals surface area contributed by atoms with E-state index in [0.717, 1.165) is 11.3 Å². The highest BCUT2D eigenvalue weighted by Gasteiger charge is 2.29. The van der Waals surface area contributed by atoms with Crippen molar-refractivity contribution >= 4 is 35.0 Å². The molecule has 2 aromatic rings. The predicted molar refractivity (Wildman–Crippen MR) is 126 cm³/mol. The Balaban J connectivity index is 2.29. The number of benzene rings is 2. The number of nitrogens with zero attached hydrogens (tertiary/aromatic N) is 1. The lowest BCUT2D eigenvalue weighted by atomic mass is 10.1. The van der Waals surface area contributed by atoms with Crippen LogP contribution in [-0.2, 0) is 22.6 Å². The van der Waals surface area contributed by atoms with E-state index >= 15 is 0 Å². The summed E-state index contributed by atoms with van der Waals surface area (Å²) >= 11 is 12.3. The van der Waals surface area contributed by atoms with Gasteiger partial charge in [-0.1, -0.05) is 62.2 Å². The average molecular weight is 465 g/mol. The summed E-state index contributed by atoms with van der Waals surface area (Å²) in [4.78, 5) is 27.9. The van der Waals surface area contributed by atoms with E-state index in [2.05, 4.69) is 5.32 Å². The van der Waals surface area contributed by atoms with Crippen LogP contribution in [0, 0.1) is 5.92 Å². The normalized spacial score (nSPS) is 11.8. The standard InChI is InChI=1S/C24H30Cl2N2O3/c1-5-22(24(30)27-14-16(2)3)28(15-17-6-10-20(31-4)11-7-17)23(29)12-18-8-9-19(25)13-21(18)26/h6-11,13,16,22H,5,12,14-15H2,1-4H3,(H,27,30)/t22-/m1/s1. The summed E-state index contributed by atoms with van der Waals surface area (Å²) in [6.45, 7) is 6.84. The number of amides is 2. The lowest BCUT2D eigenvalue weighted by molar-refractivity contribution is -0.141. The third-order valence-electron chi connectivity index (χ3n) is 4.94. The Morgan fingerprint density at radius 1 is 1.10 bits per heavy atom. The van der Waals surface area contributed by atoms with E-state index in [1.165, 1.54) is 0 Å². The van der Waals surface area contributed by atoms with Gasteiger partial charge in [-0.05, 0) is 47.7 Å². The first-order chi connectivity index (χ1) is 14.7. The van der Waals surface area contributed by atoms with Crippen molar-refractivity contribution in [3.05, 3.63) is 63.6 Å². The van der Waals surface area contributed by atoms with Gasteiger partial charge >= 0.3 is 0 Å². The van der Waals surface area contributed by atoms with Gasteiger partial charge in [0.15, 0.2) is 0 Å². The highest BCUT2D eigenvalue weighted by molar-refractivity contribution is 6.35. The van der Waals surface area contributed by atoms with Crippen molar-refractivity contribution in [1.82, 2.24) is 10.2 Å². The number of nitrogens with one attached hydrogen (secondary N) is 1. The van der Waals surface area contributed by atoms with E-state index in [0.29, 0.717) is 41.0 Å². The van der Waals surface area contributed by atoms with Crippen LogP contribution in [0.15, 0.2) is 42.5 Å². The highest BCUT2D eigenvalue weighted by atomic mass is 35.5. The highest BCUT2D eigenvalue weighted by Crippen LogP contribution is 2.23. The van der Waals surface area contributed by atoms with Gasteiger partial charge in [0, 0.05) is 23.1 Å². The van der Waals surface area contributed by atoms with Crippen LogP contribution in [0.5, 0.6) is 5.75 Å². The quantitative estimate of drug-likeness (QED) is 0.530. The zero-order valence-corrected chi connectivity index (χ0v) is 20.0.